The highest BCUT2D eigenvalue weighted by Gasteiger charge is 2.47. The molecule has 0 aliphatic heterocycles. The number of aliphatic hydroxyl groups excluding tert-OH is 1. The molecule has 2 saturated carbocycles. The number of rotatable bonds is 12. The van der Waals surface area contributed by atoms with E-state index in [0.29, 0.717) is 30.8 Å². The van der Waals surface area contributed by atoms with Gasteiger partial charge in [0.1, 0.15) is 5.75 Å². The number of carbonyl (C=O) groups is 1. The first-order valence-electron chi connectivity index (χ1n) is 13.9. The van der Waals surface area contributed by atoms with Crippen LogP contribution in [0.5, 0.6) is 5.75 Å². The first-order valence-corrected chi connectivity index (χ1v) is 15.3. The smallest absolute Gasteiger partial charge is 0.243 e. The Bertz CT molecular complexity index is 1190. The zero-order valence-corrected chi connectivity index (χ0v) is 24.1. The van der Waals surface area contributed by atoms with E-state index in [9.17, 15) is 18.3 Å². The van der Waals surface area contributed by atoms with Gasteiger partial charge in [-0.05, 0) is 62.4 Å². The fourth-order valence-electron chi connectivity index (χ4n) is 6.14. The van der Waals surface area contributed by atoms with Crippen molar-refractivity contribution >= 4 is 15.9 Å². The molecule has 8 nitrogen and oxygen atoms in total. The Morgan fingerprint density at radius 1 is 1.05 bits per heavy atom. The fourth-order valence-corrected chi connectivity index (χ4v) is 7.83. The number of amides is 1. The van der Waals surface area contributed by atoms with Gasteiger partial charge in [0.05, 0.1) is 35.7 Å². The Labute approximate surface area is 232 Å². The van der Waals surface area contributed by atoms with E-state index in [2.05, 4.69) is 5.32 Å². The summed E-state index contributed by atoms with van der Waals surface area (Å²) in [6.45, 7) is 1.94. The van der Waals surface area contributed by atoms with E-state index in [1.165, 1.54) is 23.5 Å². The van der Waals surface area contributed by atoms with Crippen molar-refractivity contribution in [3.8, 4) is 5.75 Å². The standard InChI is InChI=1S/C30H42N2O6S/c1-29(23-11-5-4-6-12-23,31-28(34)30(22-37-2)19-9-10-20-30)27(33)21-32(24-13-7-8-14-24)39(35,36)26-17-15-25(38-3)16-18-26/h4-6,11-12,15-18,24,27,33H,7-10,13-14,19-22H2,1-3H3,(H,31,34)/t27-,29+/m0/s1. The molecule has 2 N–H and O–H groups in total. The van der Waals surface area contributed by atoms with E-state index < -0.39 is 27.1 Å². The van der Waals surface area contributed by atoms with Crippen LogP contribution in [0, 0.1) is 5.41 Å². The number of aliphatic hydroxyl groups is 1. The highest BCUT2D eigenvalue weighted by molar-refractivity contribution is 7.89. The number of benzene rings is 2. The lowest BCUT2D eigenvalue weighted by Gasteiger charge is -2.41. The molecule has 1 amide bonds. The average molecular weight is 559 g/mol. The molecular formula is C30H42N2O6S. The average Bonchev–Trinajstić information content (AvgIpc) is 3.65. The van der Waals surface area contributed by atoms with Crippen molar-refractivity contribution < 1.29 is 27.8 Å². The van der Waals surface area contributed by atoms with Crippen molar-refractivity contribution in [3.05, 3.63) is 60.2 Å². The summed E-state index contributed by atoms with van der Waals surface area (Å²) in [6, 6.07) is 15.4. The van der Waals surface area contributed by atoms with Crippen LogP contribution < -0.4 is 10.1 Å². The van der Waals surface area contributed by atoms with Crippen LogP contribution >= 0.6 is 0 Å². The van der Waals surface area contributed by atoms with Crippen molar-refractivity contribution in [2.45, 2.75) is 80.9 Å². The van der Waals surface area contributed by atoms with Gasteiger partial charge in [-0.2, -0.15) is 4.31 Å². The van der Waals surface area contributed by atoms with Gasteiger partial charge in [-0.25, -0.2) is 8.42 Å². The van der Waals surface area contributed by atoms with Crippen LogP contribution in [0.15, 0.2) is 59.5 Å². The normalized spacial score (nSPS) is 20.0. The molecule has 2 aromatic rings. The Morgan fingerprint density at radius 2 is 1.67 bits per heavy atom. The van der Waals surface area contributed by atoms with Crippen molar-refractivity contribution in [2.24, 2.45) is 5.41 Å². The number of hydrogen-bond donors (Lipinski definition) is 2. The van der Waals surface area contributed by atoms with Gasteiger partial charge in [0, 0.05) is 19.7 Å². The largest absolute Gasteiger partial charge is 0.497 e. The third-order valence-electron chi connectivity index (χ3n) is 8.63. The van der Waals surface area contributed by atoms with Crippen LogP contribution in [-0.4, -0.2) is 63.3 Å². The van der Waals surface area contributed by atoms with E-state index >= 15 is 0 Å². The van der Waals surface area contributed by atoms with E-state index in [1.54, 1.807) is 26.2 Å². The van der Waals surface area contributed by atoms with Gasteiger partial charge in [-0.1, -0.05) is 56.0 Å². The molecule has 4 rings (SSSR count). The molecule has 0 radical (unpaired) electrons. The third-order valence-corrected chi connectivity index (χ3v) is 10.6. The van der Waals surface area contributed by atoms with Crippen LogP contribution in [0.4, 0.5) is 0 Å². The summed E-state index contributed by atoms with van der Waals surface area (Å²) < 4.78 is 40.0. The van der Waals surface area contributed by atoms with Gasteiger partial charge >= 0.3 is 0 Å². The number of carbonyl (C=O) groups excluding carboxylic acids is 1. The summed E-state index contributed by atoms with van der Waals surface area (Å²) in [6.07, 6.45) is 5.43. The highest BCUT2D eigenvalue weighted by atomic mass is 32.2. The fraction of sp³-hybridized carbons (Fsp3) is 0.567. The number of nitrogens with zero attached hydrogens (tertiary/aromatic N) is 1. The third kappa shape index (κ3) is 6.16. The van der Waals surface area contributed by atoms with Crippen LogP contribution in [0.25, 0.3) is 0 Å². The lowest BCUT2D eigenvalue weighted by molar-refractivity contribution is -0.137. The molecule has 0 aromatic heterocycles. The lowest BCUT2D eigenvalue weighted by atomic mass is 9.81. The summed E-state index contributed by atoms with van der Waals surface area (Å²) in [5.74, 6) is 0.398. The van der Waals surface area contributed by atoms with Gasteiger partial charge < -0.3 is 19.9 Å². The van der Waals surface area contributed by atoms with Gasteiger partial charge in [-0.15, -0.1) is 0 Å². The highest BCUT2D eigenvalue weighted by Crippen LogP contribution is 2.40. The number of sulfonamides is 1. The summed E-state index contributed by atoms with van der Waals surface area (Å²) in [5.41, 5.74) is -1.18. The molecule has 2 aliphatic carbocycles. The second-order valence-corrected chi connectivity index (χ2v) is 13.0. The van der Waals surface area contributed by atoms with E-state index in [0.717, 1.165) is 38.5 Å². The van der Waals surface area contributed by atoms with Gasteiger partial charge in [0.2, 0.25) is 15.9 Å². The van der Waals surface area contributed by atoms with Crippen LogP contribution in [0.2, 0.25) is 0 Å². The lowest BCUT2D eigenvalue weighted by Crippen LogP contribution is -2.59. The minimum atomic E-state index is -3.93. The van der Waals surface area contributed by atoms with E-state index in [4.69, 9.17) is 9.47 Å². The molecule has 2 fully saturated rings. The Balaban J connectivity index is 1.68. The second-order valence-electron chi connectivity index (χ2n) is 11.1. The zero-order chi connectivity index (χ0) is 28.1. The molecule has 2 aliphatic rings. The molecule has 9 heteroatoms. The molecule has 0 spiro atoms. The predicted molar refractivity (Wildman–Crippen MR) is 150 cm³/mol. The molecule has 214 valence electrons. The maximum absolute atomic E-state index is 14.0. The first-order chi connectivity index (χ1) is 18.7. The van der Waals surface area contributed by atoms with Crippen LogP contribution in [0.3, 0.4) is 0 Å². The molecule has 2 atom stereocenters. The summed E-state index contributed by atoms with van der Waals surface area (Å²) in [7, 11) is -0.794. The summed E-state index contributed by atoms with van der Waals surface area (Å²) in [4.78, 5) is 14.0. The molecule has 2 aromatic carbocycles. The van der Waals surface area contributed by atoms with Gasteiger partial charge in [0.25, 0.3) is 0 Å². The number of nitrogens with one attached hydrogen (secondary N) is 1. The zero-order valence-electron chi connectivity index (χ0n) is 23.3. The molecule has 0 saturated heterocycles. The molecular weight excluding hydrogens is 516 g/mol. The van der Waals surface area contributed by atoms with E-state index in [1.807, 2.05) is 30.3 Å². The van der Waals surface area contributed by atoms with Gasteiger partial charge in [0.15, 0.2) is 0 Å². The number of hydrogen-bond acceptors (Lipinski definition) is 6. The molecule has 0 bridgehead atoms. The first kappa shape index (κ1) is 29.5. The van der Waals surface area contributed by atoms with Crippen molar-refractivity contribution in [1.82, 2.24) is 9.62 Å². The number of methoxy groups -OCH3 is 2. The Kier molecular flexibility index (Phi) is 9.37. The summed E-state index contributed by atoms with van der Waals surface area (Å²) >= 11 is 0. The van der Waals surface area contributed by atoms with Crippen molar-refractivity contribution in [3.63, 3.8) is 0 Å². The maximum atomic E-state index is 14.0. The Hall–Kier alpha value is -2.46. The van der Waals surface area contributed by atoms with Crippen LogP contribution in [-0.2, 0) is 25.1 Å². The molecule has 0 unspecified atom stereocenters. The van der Waals surface area contributed by atoms with Gasteiger partial charge in [-0.3, -0.25) is 4.79 Å². The van der Waals surface area contributed by atoms with Crippen molar-refractivity contribution in [2.75, 3.05) is 27.4 Å². The molecule has 0 heterocycles. The maximum Gasteiger partial charge on any atom is 0.243 e. The SMILES string of the molecule is COCC1(C(=O)N[C@](C)(c2ccccc2)[C@@H](O)CN(C2CCCC2)S(=O)(=O)c2ccc(OC)cc2)CCCC1. The molecule has 39 heavy (non-hydrogen) atoms. The van der Waals surface area contributed by atoms with Crippen molar-refractivity contribution in [1.29, 1.82) is 0 Å². The quantitative estimate of drug-likeness (QED) is 0.404. The van der Waals surface area contributed by atoms with Crippen LogP contribution in [0.1, 0.15) is 63.9 Å². The topological polar surface area (TPSA) is 105 Å². The second kappa shape index (κ2) is 12.4. The van der Waals surface area contributed by atoms with E-state index in [-0.39, 0.29) is 23.4 Å². The summed E-state index contributed by atoms with van der Waals surface area (Å²) in [5, 5.41) is 15.1. The minimum absolute atomic E-state index is 0.151. The monoisotopic (exact) mass is 558 g/mol. The minimum Gasteiger partial charge on any atom is -0.497 e. The predicted octanol–water partition coefficient (Wildman–Crippen LogP) is 4.23. The number of ether oxygens (including phenoxy) is 2. The Morgan fingerprint density at radius 3 is 2.23 bits per heavy atom.